The molecule has 1 saturated heterocycles. The average Bonchev–Trinajstić information content (AvgIpc) is 2.96. The number of nitro benzene ring substituents is 1. The van der Waals surface area contributed by atoms with Gasteiger partial charge in [-0.25, -0.2) is 0 Å². The summed E-state index contributed by atoms with van der Waals surface area (Å²) in [5, 5.41) is 13.7. The smallest absolute Gasteiger partial charge is 0.282 e. The maximum absolute atomic E-state index is 12.3. The number of benzene rings is 2. The first-order chi connectivity index (χ1) is 11.6. The molecule has 1 aliphatic rings. The molecule has 24 heavy (non-hydrogen) atoms. The molecular weight excluding hydrogens is 310 g/mol. The zero-order valence-electron chi connectivity index (χ0n) is 12.7. The molecule has 2 aromatic carbocycles. The molecule has 1 fully saturated rings. The van der Waals surface area contributed by atoms with Gasteiger partial charge in [-0.1, -0.05) is 30.3 Å². The summed E-state index contributed by atoms with van der Waals surface area (Å²) >= 11 is 0. The van der Waals surface area contributed by atoms with Gasteiger partial charge >= 0.3 is 0 Å². The highest BCUT2D eigenvalue weighted by Crippen LogP contribution is 2.22. The molecule has 7 heteroatoms. The maximum Gasteiger partial charge on any atom is 0.282 e. The number of para-hydroxylation sites is 2. The van der Waals surface area contributed by atoms with Crippen LogP contribution in [0, 0.1) is 10.1 Å². The summed E-state index contributed by atoms with van der Waals surface area (Å²) in [6, 6.07) is 14.5. The van der Waals surface area contributed by atoms with E-state index in [1.54, 1.807) is 11.0 Å². The van der Waals surface area contributed by atoms with Crippen molar-refractivity contribution in [2.45, 2.75) is 12.5 Å². The molecule has 0 aliphatic carbocycles. The van der Waals surface area contributed by atoms with E-state index >= 15 is 0 Å². The Bertz CT molecular complexity index is 791. The number of carbonyl (C=O) groups excluding carboxylic acids is 2. The van der Waals surface area contributed by atoms with Gasteiger partial charge < -0.3 is 10.2 Å². The molecular formula is C17H15N3O4. The Morgan fingerprint density at radius 2 is 1.79 bits per heavy atom. The summed E-state index contributed by atoms with van der Waals surface area (Å²) in [7, 11) is 0. The summed E-state index contributed by atoms with van der Waals surface area (Å²) in [5.41, 5.74) is 0.511. The fraction of sp³-hybridized carbons (Fsp3) is 0.176. The van der Waals surface area contributed by atoms with Crippen LogP contribution in [0.4, 0.5) is 11.4 Å². The lowest BCUT2D eigenvalue weighted by Gasteiger charge is -2.17. The summed E-state index contributed by atoms with van der Waals surface area (Å²) in [4.78, 5) is 36.5. The molecule has 7 nitrogen and oxygen atoms in total. The minimum absolute atomic E-state index is 0.00638. The normalized spacial score (nSPS) is 16.9. The van der Waals surface area contributed by atoms with Gasteiger partial charge in [-0.15, -0.1) is 0 Å². The van der Waals surface area contributed by atoms with Crippen LogP contribution in [0.2, 0.25) is 0 Å². The van der Waals surface area contributed by atoms with Crippen LogP contribution in [0.3, 0.4) is 0 Å². The first-order valence-corrected chi connectivity index (χ1v) is 7.46. The number of carbonyl (C=O) groups is 2. The molecule has 1 atom stereocenters. The fourth-order valence-electron chi connectivity index (χ4n) is 2.75. The van der Waals surface area contributed by atoms with Crippen LogP contribution in [0.25, 0.3) is 0 Å². The molecule has 122 valence electrons. The van der Waals surface area contributed by atoms with Crippen molar-refractivity contribution in [3.63, 3.8) is 0 Å². The van der Waals surface area contributed by atoms with Crippen LogP contribution in [-0.4, -0.2) is 29.3 Å². The Morgan fingerprint density at radius 1 is 1.12 bits per heavy atom. The van der Waals surface area contributed by atoms with E-state index in [1.807, 2.05) is 30.3 Å². The van der Waals surface area contributed by atoms with Crippen molar-refractivity contribution in [3.05, 3.63) is 70.3 Å². The van der Waals surface area contributed by atoms with Crippen molar-refractivity contribution in [1.29, 1.82) is 0 Å². The third kappa shape index (κ3) is 3.10. The summed E-state index contributed by atoms with van der Waals surface area (Å²) in [5.74, 6) is -0.635. The molecule has 1 heterocycles. The Kier molecular flexibility index (Phi) is 4.24. The molecule has 3 rings (SSSR count). The molecule has 2 amide bonds. The van der Waals surface area contributed by atoms with E-state index in [-0.39, 0.29) is 29.6 Å². The molecule has 0 aromatic heterocycles. The van der Waals surface area contributed by atoms with Crippen LogP contribution >= 0.6 is 0 Å². The van der Waals surface area contributed by atoms with Crippen LogP contribution in [-0.2, 0) is 4.79 Å². The van der Waals surface area contributed by atoms with Gasteiger partial charge in [-0.3, -0.25) is 19.7 Å². The molecule has 0 spiro atoms. The van der Waals surface area contributed by atoms with Crippen molar-refractivity contribution in [1.82, 2.24) is 5.32 Å². The van der Waals surface area contributed by atoms with Crippen molar-refractivity contribution in [2.75, 3.05) is 11.4 Å². The molecule has 0 saturated carbocycles. The summed E-state index contributed by atoms with van der Waals surface area (Å²) in [6.45, 7) is 0.342. The zero-order chi connectivity index (χ0) is 17.1. The molecule has 0 radical (unpaired) electrons. The van der Waals surface area contributed by atoms with E-state index in [4.69, 9.17) is 0 Å². The second-order valence-electron chi connectivity index (χ2n) is 5.49. The topological polar surface area (TPSA) is 92.6 Å². The number of nitrogens with one attached hydrogen (secondary N) is 1. The Morgan fingerprint density at radius 3 is 2.50 bits per heavy atom. The second-order valence-corrected chi connectivity index (χ2v) is 5.49. The molecule has 1 unspecified atom stereocenters. The van der Waals surface area contributed by atoms with E-state index in [9.17, 15) is 19.7 Å². The van der Waals surface area contributed by atoms with Gasteiger partial charge in [0.1, 0.15) is 5.56 Å². The first-order valence-electron chi connectivity index (χ1n) is 7.46. The lowest BCUT2D eigenvalue weighted by Crippen LogP contribution is -2.37. The van der Waals surface area contributed by atoms with Crippen LogP contribution in [0.1, 0.15) is 16.8 Å². The van der Waals surface area contributed by atoms with Crippen molar-refractivity contribution in [3.8, 4) is 0 Å². The standard InChI is InChI=1S/C17H15N3O4/c21-16-10-12(11-19(16)13-6-2-1-3-7-13)18-17(22)14-8-4-5-9-15(14)20(23)24/h1-9,12H,10-11H2,(H,18,22). The summed E-state index contributed by atoms with van der Waals surface area (Å²) < 4.78 is 0. The number of nitro groups is 1. The maximum atomic E-state index is 12.3. The lowest BCUT2D eigenvalue weighted by atomic mass is 10.1. The first kappa shape index (κ1) is 15.7. The highest BCUT2D eigenvalue weighted by molar-refractivity contribution is 6.00. The van der Waals surface area contributed by atoms with E-state index in [2.05, 4.69) is 5.32 Å². The number of anilines is 1. The van der Waals surface area contributed by atoms with E-state index < -0.39 is 10.8 Å². The van der Waals surface area contributed by atoms with Crippen molar-refractivity contribution < 1.29 is 14.5 Å². The van der Waals surface area contributed by atoms with E-state index in [0.717, 1.165) is 5.69 Å². The van der Waals surface area contributed by atoms with Crippen LogP contribution in [0.5, 0.6) is 0 Å². The zero-order valence-corrected chi connectivity index (χ0v) is 12.7. The number of rotatable bonds is 4. The average molecular weight is 325 g/mol. The number of nitrogens with zero attached hydrogens (tertiary/aromatic N) is 2. The second kappa shape index (κ2) is 6.49. The monoisotopic (exact) mass is 325 g/mol. The Hall–Kier alpha value is -3.22. The van der Waals surface area contributed by atoms with Gasteiger partial charge in [-0.2, -0.15) is 0 Å². The molecule has 0 bridgehead atoms. The number of hydrogen-bond donors (Lipinski definition) is 1. The van der Waals surface area contributed by atoms with Gasteiger partial charge in [-0.05, 0) is 18.2 Å². The van der Waals surface area contributed by atoms with Crippen molar-refractivity contribution in [2.24, 2.45) is 0 Å². The highest BCUT2D eigenvalue weighted by atomic mass is 16.6. The lowest BCUT2D eigenvalue weighted by molar-refractivity contribution is -0.385. The minimum atomic E-state index is -0.592. The highest BCUT2D eigenvalue weighted by Gasteiger charge is 2.32. The van der Waals surface area contributed by atoms with Gasteiger partial charge in [0.15, 0.2) is 0 Å². The quantitative estimate of drug-likeness (QED) is 0.688. The Balaban J connectivity index is 1.73. The summed E-state index contributed by atoms with van der Waals surface area (Å²) in [6.07, 6.45) is 0.168. The fourth-order valence-corrected chi connectivity index (χ4v) is 2.75. The third-order valence-electron chi connectivity index (χ3n) is 3.87. The van der Waals surface area contributed by atoms with Gasteiger partial charge in [0, 0.05) is 24.7 Å². The number of hydrogen-bond acceptors (Lipinski definition) is 4. The van der Waals surface area contributed by atoms with Crippen molar-refractivity contribution >= 4 is 23.2 Å². The number of amides is 2. The molecule has 1 N–H and O–H groups in total. The Labute approximate surface area is 138 Å². The van der Waals surface area contributed by atoms with Gasteiger partial charge in [0.2, 0.25) is 5.91 Å². The van der Waals surface area contributed by atoms with Crippen LogP contribution in [0.15, 0.2) is 54.6 Å². The largest absolute Gasteiger partial charge is 0.347 e. The third-order valence-corrected chi connectivity index (χ3v) is 3.87. The van der Waals surface area contributed by atoms with E-state index in [0.29, 0.717) is 6.54 Å². The molecule has 2 aromatic rings. The van der Waals surface area contributed by atoms with E-state index in [1.165, 1.54) is 18.2 Å². The predicted octanol–water partition coefficient (Wildman–Crippen LogP) is 2.13. The van der Waals surface area contributed by atoms with Gasteiger partial charge in [0.05, 0.1) is 11.0 Å². The minimum Gasteiger partial charge on any atom is -0.347 e. The van der Waals surface area contributed by atoms with Crippen LogP contribution < -0.4 is 10.2 Å². The molecule has 1 aliphatic heterocycles. The SMILES string of the molecule is O=C(NC1CC(=O)N(c2ccccc2)C1)c1ccccc1[N+](=O)[O-]. The predicted molar refractivity (Wildman–Crippen MR) is 87.8 cm³/mol. The van der Waals surface area contributed by atoms with Gasteiger partial charge in [0.25, 0.3) is 11.6 Å².